The minimum atomic E-state index is -0.0466. The van der Waals surface area contributed by atoms with Gasteiger partial charge in [-0.3, -0.25) is 14.6 Å². The van der Waals surface area contributed by atoms with Crippen LogP contribution in [0.4, 0.5) is 0 Å². The quantitative estimate of drug-likeness (QED) is 0.355. The van der Waals surface area contributed by atoms with E-state index in [1.807, 2.05) is 73.3 Å². The Morgan fingerprint density at radius 2 is 1.67 bits per heavy atom. The fourth-order valence-electron chi connectivity index (χ4n) is 4.79. The number of likely N-dealkylation sites (N-methyl/N-ethyl adjacent to an activating group) is 1. The van der Waals surface area contributed by atoms with E-state index in [1.54, 1.807) is 24.3 Å². The molecular formula is C31H37ClN4O3. The van der Waals surface area contributed by atoms with Gasteiger partial charge in [-0.2, -0.15) is 0 Å². The molecule has 1 saturated heterocycles. The smallest absolute Gasteiger partial charge is 0.260 e. The van der Waals surface area contributed by atoms with Gasteiger partial charge in [0.1, 0.15) is 5.75 Å². The Balaban J connectivity index is 1.44. The van der Waals surface area contributed by atoms with E-state index in [0.29, 0.717) is 42.5 Å². The summed E-state index contributed by atoms with van der Waals surface area (Å²) < 4.78 is 5.65. The van der Waals surface area contributed by atoms with Gasteiger partial charge in [0.2, 0.25) is 0 Å². The van der Waals surface area contributed by atoms with Crippen molar-refractivity contribution < 1.29 is 14.3 Å². The maximum atomic E-state index is 13.9. The molecule has 2 aromatic carbocycles. The van der Waals surface area contributed by atoms with E-state index >= 15 is 0 Å². The molecule has 0 atom stereocenters. The number of pyridine rings is 1. The number of benzene rings is 2. The summed E-state index contributed by atoms with van der Waals surface area (Å²) in [5.74, 6) is 0.675. The molecule has 0 aliphatic carbocycles. The molecular weight excluding hydrogens is 512 g/mol. The van der Waals surface area contributed by atoms with Crippen LogP contribution in [-0.2, 0) is 11.3 Å². The number of carbonyl (C=O) groups is 2. The van der Waals surface area contributed by atoms with Crippen LogP contribution in [-0.4, -0.2) is 78.4 Å². The van der Waals surface area contributed by atoms with Gasteiger partial charge in [-0.25, -0.2) is 0 Å². The average molecular weight is 549 g/mol. The number of likely N-dealkylation sites (tertiary alicyclic amines) is 1. The predicted octanol–water partition coefficient (Wildman–Crippen LogP) is 5.03. The topological polar surface area (TPSA) is 66.0 Å². The monoisotopic (exact) mass is 548 g/mol. The number of ether oxygens (including phenoxy) is 1. The highest BCUT2D eigenvalue weighted by Crippen LogP contribution is 2.30. The summed E-state index contributed by atoms with van der Waals surface area (Å²) in [7, 11) is 4.03. The first-order chi connectivity index (χ1) is 18.8. The Morgan fingerprint density at radius 1 is 0.974 bits per heavy atom. The van der Waals surface area contributed by atoms with Gasteiger partial charge in [0.15, 0.2) is 6.61 Å². The highest BCUT2D eigenvalue weighted by molar-refractivity contribution is 6.30. The van der Waals surface area contributed by atoms with Crippen LogP contribution in [0.1, 0.15) is 46.1 Å². The summed E-state index contributed by atoms with van der Waals surface area (Å²) >= 11 is 5.92. The molecule has 2 heterocycles. The lowest BCUT2D eigenvalue weighted by molar-refractivity contribution is -0.134. The van der Waals surface area contributed by atoms with Crippen molar-refractivity contribution in [1.82, 2.24) is 19.7 Å². The lowest BCUT2D eigenvalue weighted by Crippen LogP contribution is -2.41. The van der Waals surface area contributed by atoms with Gasteiger partial charge in [-0.1, -0.05) is 41.9 Å². The Labute approximate surface area is 236 Å². The fourth-order valence-corrected chi connectivity index (χ4v) is 4.91. The van der Waals surface area contributed by atoms with Crippen LogP contribution >= 0.6 is 11.6 Å². The zero-order valence-electron chi connectivity index (χ0n) is 23.0. The third-order valence-corrected chi connectivity index (χ3v) is 7.28. The number of aryl methyl sites for hydroxylation is 1. The number of hydrogen-bond acceptors (Lipinski definition) is 5. The largest absolute Gasteiger partial charge is 0.484 e. The third kappa shape index (κ3) is 8.04. The zero-order chi connectivity index (χ0) is 27.8. The molecule has 0 bridgehead atoms. The van der Waals surface area contributed by atoms with Gasteiger partial charge in [0.05, 0.1) is 11.3 Å². The number of nitrogens with zero attached hydrogens (tertiary/aromatic N) is 4. The zero-order valence-corrected chi connectivity index (χ0v) is 23.7. The van der Waals surface area contributed by atoms with Crippen LogP contribution in [0, 0.1) is 6.92 Å². The first-order valence-corrected chi connectivity index (χ1v) is 13.8. The van der Waals surface area contributed by atoms with E-state index in [2.05, 4.69) is 4.90 Å². The molecule has 0 spiro atoms. The van der Waals surface area contributed by atoms with Crippen molar-refractivity contribution in [1.29, 1.82) is 0 Å². The van der Waals surface area contributed by atoms with Gasteiger partial charge >= 0.3 is 0 Å². The van der Waals surface area contributed by atoms with E-state index in [0.717, 1.165) is 36.3 Å². The molecule has 1 aromatic heterocycles. The molecule has 8 heteroatoms. The van der Waals surface area contributed by atoms with Crippen molar-refractivity contribution in [2.45, 2.75) is 32.2 Å². The number of hydrogen-bond donors (Lipinski definition) is 0. The molecule has 206 valence electrons. The molecule has 2 amide bonds. The number of carbonyl (C=O) groups excluding carboxylic acids is 2. The molecule has 0 N–H and O–H groups in total. The van der Waals surface area contributed by atoms with E-state index in [4.69, 9.17) is 21.3 Å². The van der Waals surface area contributed by atoms with Crippen molar-refractivity contribution in [2.75, 3.05) is 46.9 Å². The average Bonchev–Trinajstić information content (AvgIpc) is 2.95. The van der Waals surface area contributed by atoms with Gasteiger partial charge in [0, 0.05) is 49.4 Å². The standard InChI is InChI=1S/C31H37ClN4O3/c1-23-9-14-28(31(38)36(20-19-34(2)3)21-24-7-5-4-6-8-24)30(33-23)25-15-17-35(18-16-25)29(37)22-39-27-12-10-26(32)11-13-27/h4-14,25H,15-22H2,1-3H3. The van der Waals surface area contributed by atoms with Gasteiger partial charge in [0.25, 0.3) is 11.8 Å². The van der Waals surface area contributed by atoms with Crippen molar-refractivity contribution in [2.24, 2.45) is 0 Å². The van der Waals surface area contributed by atoms with E-state index in [-0.39, 0.29) is 24.3 Å². The highest BCUT2D eigenvalue weighted by Gasteiger charge is 2.29. The minimum absolute atomic E-state index is 0.00178. The lowest BCUT2D eigenvalue weighted by Gasteiger charge is -2.33. The summed E-state index contributed by atoms with van der Waals surface area (Å²) in [6, 6.07) is 20.9. The van der Waals surface area contributed by atoms with E-state index < -0.39 is 0 Å². The second kappa shape index (κ2) is 13.6. The minimum Gasteiger partial charge on any atom is -0.484 e. The van der Waals surface area contributed by atoms with Crippen LogP contribution in [0.3, 0.4) is 0 Å². The van der Waals surface area contributed by atoms with Crippen LogP contribution in [0.15, 0.2) is 66.7 Å². The molecule has 4 rings (SSSR count). The van der Waals surface area contributed by atoms with Crippen LogP contribution < -0.4 is 4.74 Å². The molecule has 7 nitrogen and oxygen atoms in total. The molecule has 0 unspecified atom stereocenters. The number of rotatable bonds is 10. The summed E-state index contributed by atoms with van der Waals surface area (Å²) in [5.41, 5.74) is 3.48. The maximum absolute atomic E-state index is 13.9. The van der Waals surface area contributed by atoms with Crippen molar-refractivity contribution >= 4 is 23.4 Å². The SMILES string of the molecule is Cc1ccc(C(=O)N(CCN(C)C)Cc2ccccc2)c(C2CCN(C(=O)COc3ccc(Cl)cc3)CC2)n1. The normalized spacial score (nSPS) is 13.9. The predicted molar refractivity (Wildman–Crippen MR) is 154 cm³/mol. The lowest BCUT2D eigenvalue weighted by atomic mass is 9.89. The van der Waals surface area contributed by atoms with Gasteiger partial charge in [-0.05, 0) is 75.8 Å². The molecule has 0 saturated carbocycles. The molecule has 1 aliphatic heterocycles. The van der Waals surface area contributed by atoms with Crippen LogP contribution in [0.2, 0.25) is 5.02 Å². The maximum Gasteiger partial charge on any atom is 0.260 e. The molecule has 3 aromatic rings. The Morgan fingerprint density at radius 3 is 2.33 bits per heavy atom. The van der Waals surface area contributed by atoms with Crippen LogP contribution in [0.25, 0.3) is 0 Å². The summed E-state index contributed by atoms with van der Waals surface area (Å²) in [4.78, 5) is 37.4. The first kappa shape index (κ1) is 28.6. The molecule has 0 radical (unpaired) electrons. The fraction of sp³-hybridized carbons (Fsp3) is 0.387. The van der Waals surface area contributed by atoms with E-state index in [9.17, 15) is 9.59 Å². The van der Waals surface area contributed by atoms with Crippen molar-refractivity contribution in [3.05, 3.63) is 94.3 Å². The Bertz CT molecular complexity index is 1240. The summed E-state index contributed by atoms with van der Waals surface area (Å²) in [5, 5.41) is 0.624. The third-order valence-electron chi connectivity index (χ3n) is 7.03. The summed E-state index contributed by atoms with van der Waals surface area (Å²) in [6.07, 6.45) is 1.50. The molecule has 1 fully saturated rings. The summed E-state index contributed by atoms with van der Waals surface area (Å²) in [6.45, 7) is 5.08. The van der Waals surface area contributed by atoms with E-state index in [1.165, 1.54) is 0 Å². The second-order valence-electron chi connectivity index (χ2n) is 10.3. The molecule has 39 heavy (non-hydrogen) atoms. The van der Waals surface area contributed by atoms with Crippen LogP contribution in [0.5, 0.6) is 5.75 Å². The highest BCUT2D eigenvalue weighted by atomic mass is 35.5. The van der Waals surface area contributed by atoms with Gasteiger partial charge < -0.3 is 19.4 Å². The van der Waals surface area contributed by atoms with Gasteiger partial charge in [-0.15, -0.1) is 0 Å². The molecule has 1 aliphatic rings. The first-order valence-electron chi connectivity index (χ1n) is 13.4. The Hall–Kier alpha value is -3.42. The number of halogens is 1. The number of aromatic nitrogens is 1. The number of piperidine rings is 1. The second-order valence-corrected chi connectivity index (χ2v) is 10.7. The Kier molecular flexibility index (Phi) is 9.96. The number of amides is 2. The van der Waals surface area contributed by atoms with Crippen molar-refractivity contribution in [3.8, 4) is 5.75 Å². The van der Waals surface area contributed by atoms with Crippen molar-refractivity contribution in [3.63, 3.8) is 0 Å².